The van der Waals surface area contributed by atoms with E-state index in [1.807, 2.05) is 55.5 Å². The van der Waals surface area contributed by atoms with Crippen LogP contribution >= 0.6 is 0 Å². The number of hydrogen-bond donors (Lipinski definition) is 2. The van der Waals surface area contributed by atoms with Gasteiger partial charge in [0, 0.05) is 17.9 Å². The first-order valence-corrected chi connectivity index (χ1v) is 8.52. The van der Waals surface area contributed by atoms with Crippen molar-refractivity contribution in [3.05, 3.63) is 71.5 Å². The molecule has 0 atom stereocenters. The molecule has 136 valence electrons. The number of aromatic nitrogens is 2. The van der Waals surface area contributed by atoms with E-state index in [2.05, 4.69) is 20.6 Å². The maximum atomic E-state index is 12.5. The van der Waals surface area contributed by atoms with E-state index in [4.69, 9.17) is 9.47 Å². The quantitative estimate of drug-likeness (QED) is 0.725. The van der Waals surface area contributed by atoms with Crippen LogP contribution in [-0.2, 0) is 6.54 Å². The number of carbonyl (C=O) groups is 1. The molecule has 0 spiro atoms. The van der Waals surface area contributed by atoms with E-state index >= 15 is 0 Å². The van der Waals surface area contributed by atoms with Gasteiger partial charge in [-0.05, 0) is 42.8 Å². The molecule has 1 aliphatic rings. The summed E-state index contributed by atoms with van der Waals surface area (Å²) >= 11 is 0. The monoisotopic (exact) mass is 362 g/mol. The fourth-order valence-corrected chi connectivity index (χ4v) is 2.72. The highest BCUT2D eigenvalue weighted by Gasteiger charge is 2.14. The number of rotatable bonds is 5. The van der Waals surface area contributed by atoms with Crippen LogP contribution in [0.3, 0.4) is 0 Å². The molecule has 1 amide bonds. The molecule has 0 bridgehead atoms. The molecule has 0 unspecified atom stereocenters. The molecular weight excluding hydrogens is 344 g/mol. The molecule has 27 heavy (non-hydrogen) atoms. The van der Waals surface area contributed by atoms with E-state index < -0.39 is 0 Å². The summed E-state index contributed by atoms with van der Waals surface area (Å²) in [7, 11) is 0. The highest BCUT2D eigenvalue weighted by atomic mass is 16.7. The zero-order valence-electron chi connectivity index (χ0n) is 14.7. The molecule has 7 nitrogen and oxygen atoms in total. The van der Waals surface area contributed by atoms with Gasteiger partial charge in [-0.1, -0.05) is 24.3 Å². The Labute approximate surface area is 156 Å². The molecule has 0 fully saturated rings. The summed E-state index contributed by atoms with van der Waals surface area (Å²) in [6.07, 6.45) is 0. The summed E-state index contributed by atoms with van der Waals surface area (Å²) in [5.74, 6) is 1.52. The number of nitrogens with zero attached hydrogens (tertiary/aromatic N) is 2. The number of aryl methyl sites for hydroxylation is 1. The third-order valence-electron chi connectivity index (χ3n) is 4.01. The summed E-state index contributed by atoms with van der Waals surface area (Å²) < 4.78 is 10.6. The first kappa shape index (κ1) is 16.8. The van der Waals surface area contributed by atoms with E-state index in [0.29, 0.717) is 35.4 Å². The Morgan fingerprint density at radius 1 is 1.04 bits per heavy atom. The lowest BCUT2D eigenvalue weighted by atomic mass is 10.2. The molecule has 0 saturated carbocycles. The molecule has 0 aliphatic carbocycles. The molecule has 7 heteroatoms. The predicted molar refractivity (Wildman–Crippen MR) is 100 cm³/mol. The normalized spacial score (nSPS) is 11.9. The van der Waals surface area contributed by atoms with Gasteiger partial charge in [-0.2, -0.15) is 0 Å². The van der Waals surface area contributed by atoms with Crippen molar-refractivity contribution in [3.8, 4) is 11.5 Å². The standard InChI is InChI=1S/C20H18N4O3/c1-13-9-16(24-20(22-13)23-15-5-3-2-4-6-15)19(25)21-11-14-7-8-17-18(10-14)27-12-26-17/h2-10H,11-12H2,1H3,(H,21,25)(H,22,23,24). The van der Waals surface area contributed by atoms with Crippen LogP contribution in [0.15, 0.2) is 54.6 Å². The van der Waals surface area contributed by atoms with Crippen molar-refractivity contribution in [2.45, 2.75) is 13.5 Å². The molecule has 3 aromatic rings. The zero-order valence-corrected chi connectivity index (χ0v) is 14.7. The molecule has 1 aliphatic heterocycles. The smallest absolute Gasteiger partial charge is 0.270 e. The van der Waals surface area contributed by atoms with Gasteiger partial charge in [-0.25, -0.2) is 9.97 Å². The highest BCUT2D eigenvalue weighted by molar-refractivity contribution is 5.92. The molecule has 4 rings (SSSR count). The Hall–Kier alpha value is -3.61. The van der Waals surface area contributed by atoms with Gasteiger partial charge < -0.3 is 20.1 Å². The Balaban J connectivity index is 1.45. The largest absolute Gasteiger partial charge is 0.454 e. The van der Waals surface area contributed by atoms with E-state index in [1.165, 1.54) is 0 Å². The van der Waals surface area contributed by atoms with Crippen LogP contribution < -0.4 is 20.1 Å². The molecule has 2 heterocycles. The fraction of sp³-hybridized carbons (Fsp3) is 0.150. The maximum absolute atomic E-state index is 12.5. The van der Waals surface area contributed by atoms with Crippen molar-refractivity contribution in [3.63, 3.8) is 0 Å². The van der Waals surface area contributed by atoms with Gasteiger partial charge in [0.1, 0.15) is 5.69 Å². The molecular formula is C20H18N4O3. The van der Waals surface area contributed by atoms with Gasteiger partial charge in [0.05, 0.1) is 0 Å². The Kier molecular flexibility index (Phi) is 4.57. The summed E-state index contributed by atoms with van der Waals surface area (Å²) in [4.78, 5) is 21.2. The van der Waals surface area contributed by atoms with Crippen LogP contribution in [0.25, 0.3) is 0 Å². The summed E-state index contributed by atoms with van der Waals surface area (Å²) in [6.45, 7) is 2.41. The Morgan fingerprint density at radius 3 is 2.70 bits per heavy atom. The third-order valence-corrected chi connectivity index (χ3v) is 4.01. The number of hydrogen-bond acceptors (Lipinski definition) is 6. The number of benzene rings is 2. The van der Waals surface area contributed by atoms with Crippen LogP contribution in [0.4, 0.5) is 11.6 Å². The first-order chi connectivity index (χ1) is 13.2. The summed E-state index contributed by atoms with van der Waals surface area (Å²) in [6, 6.07) is 16.8. The van der Waals surface area contributed by atoms with Crippen LogP contribution in [0.2, 0.25) is 0 Å². The van der Waals surface area contributed by atoms with Crippen molar-refractivity contribution < 1.29 is 14.3 Å². The summed E-state index contributed by atoms with van der Waals surface area (Å²) in [5.41, 5.74) is 2.79. The van der Waals surface area contributed by atoms with Crippen LogP contribution in [0.1, 0.15) is 21.7 Å². The minimum atomic E-state index is -0.269. The first-order valence-electron chi connectivity index (χ1n) is 8.52. The van der Waals surface area contributed by atoms with Gasteiger partial charge in [-0.3, -0.25) is 4.79 Å². The van der Waals surface area contributed by atoms with E-state index in [-0.39, 0.29) is 12.7 Å². The number of nitrogens with one attached hydrogen (secondary N) is 2. The van der Waals surface area contributed by atoms with Crippen molar-refractivity contribution in [2.75, 3.05) is 12.1 Å². The average molecular weight is 362 g/mol. The third kappa shape index (κ3) is 3.98. The van der Waals surface area contributed by atoms with Crippen molar-refractivity contribution in [2.24, 2.45) is 0 Å². The number of amides is 1. The lowest BCUT2D eigenvalue weighted by molar-refractivity contribution is 0.0945. The Bertz CT molecular complexity index is 976. The number of ether oxygens (including phenoxy) is 2. The topological polar surface area (TPSA) is 85.4 Å². The minimum Gasteiger partial charge on any atom is -0.454 e. The number of fused-ring (bicyclic) bond motifs is 1. The van der Waals surface area contributed by atoms with Crippen molar-refractivity contribution in [1.82, 2.24) is 15.3 Å². The van der Waals surface area contributed by atoms with Gasteiger partial charge >= 0.3 is 0 Å². The predicted octanol–water partition coefficient (Wildman–Crippen LogP) is 3.19. The second kappa shape index (κ2) is 7.33. The summed E-state index contributed by atoms with van der Waals surface area (Å²) in [5, 5.41) is 5.98. The highest BCUT2D eigenvalue weighted by Crippen LogP contribution is 2.32. The SMILES string of the molecule is Cc1cc(C(=O)NCc2ccc3c(c2)OCO3)nc(Nc2ccccc2)n1. The lowest BCUT2D eigenvalue weighted by Crippen LogP contribution is -2.24. The minimum absolute atomic E-state index is 0.225. The fourth-order valence-electron chi connectivity index (χ4n) is 2.72. The van der Waals surface area contributed by atoms with E-state index in [0.717, 1.165) is 11.3 Å². The van der Waals surface area contributed by atoms with Crippen LogP contribution in [0, 0.1) is 6.92 Å². The maximum Gasteiger partial charge on any atom is 0.270 e. The second-order valence-electron chi connectivity index (χ2n) is 6.08. The number of anilines is 2. The van der Waals surface area contributed by atoms with Crippen molar-refractivity contribution >= 4 is 17.5 Å². The van der Waals surface area contributed by atoms with Gasteiger partial charge in [0.25, 0.3) is 5.91 Å². The molecule has 2 aromatic carbocycles. The molecule has 2 N–H and O–H groups in total. The molecule has 0 radical (unpaired) electrons. The van der Waals surface area contributed by atoms with Gasteiger partial charge in [0.15, 0.2) is 11.5 Å². The second-order valence-corrected chi connectivity index (χ2v) is 6.08. The Morgan fingerprint density at radius 2 is 1.85 bits per heavy atom. The number of carbonyl (C=O) groups excluding carboxylic acids is 1. The van der Waals surface area contributed by atoms with Gasteiger partial charge in [0.2, 0.25) is 12.7 Å². The average Bonchev–Trinajstić information content (AvgIpc) is 3.14. The lowest BCUT2D eigenvalue weighted by Gasteiger charge is -2.09. The van der Waals surface area contributed by atoms with Gasteiger partial charge in [-0.15, -0.1) is 0 Å². The van der Waals surface area contributed by atoms with Crippen molar-refractivity contribution in [1.29, 1.82) is 0 Å². The number of para-hydroxylation sites is 1. The molecule has 0 saturated heterocycles. The van der Waals surface area contributed by atoms with Crippen LogP contribution in [-0.4, -0.2) is 22.7 Å². The zero-order chi connectivity index (χ0) is 18.6. The molecule has 1 aromatic heterocycles. The van der Waals surface area contributed by atoms with Crippen LogP contribution in [0.5, 0.6) is 11.5 Å². The van der Waals surface area contributed by atoms with E-state index in [9.17, 15) is 4.79 Å². The van der Waals surface area contributed by atoms with E-state index in [1.54, 1.807) is 6.07 Å².